The average molecular weight is 317 g/mol. The van der Waals surface area contributed by atoms with Gasteiger partial charge in [0.2, 0.25) is 10.0 Å². The van der Waals surface area contributed by atoms with Crippen LogP contribution in [-0.4, -0.2) is 68.6 Å². The van der Waals surface area contributed by atoms with Crippen molar-refractivity contribution in [3.05, 3.63) is 24.3 Å². The largest absolute Gasteiger partial charge is 0.491 e. The first-order chi connectivity index (χ1) is 9.95. The highest BCUT2D eigenvalue weighted by atomic mass is 32.2. The Labute approximate surface area is 123 Å². The van der Waals surface area contributed by atoms with Crippen molar-refractivity contribution in [2.24, 2.45) is 0 Å². The van der Waals surface area contributed by atoms with Gasteiger partial charge in [-0.05, 0) is 24.3 Å². The molecule has 2 rings (SSSR count). The fourth-order valence-electron chi connectivity index (χ4n) is 2.03. The topological polar surface area (TPSA) is 96.3 Å². The summed E-state index contributed by atoms with van der Waals surface area (Å²) < 4.78 is 36.0. The standard InChI is InChI=1S/C13H19NO6S/c1-19-6-7-20-10-2-4-11(5-3-10)21(17,18)14-8-12(15)13(16)9-14/h2-5,12-13,15-16H,6-9H2,1H3. The summed E-state index contributed by atoms with van der Waals surface area (Å²) in [6.45, 7) is 0.627. The lowest BCUT2D eigenvalue weighted by molar-refractivity contribution is 0.0572. The van der Waals surface area contributed by atoms with Gasteiger partial charge in [0.1, 0.15) is 12.4 Å². The van der Waals surface area contributed by atoms with E-state index in [4.69, 9.17) is 9.47 Å². The number of methoxy groups -OCH3 is 1. The molecule has 1 aliphatic heterocycles. The first-order valence-corrected chi connectivity index (χ1v) is 7.97. The van der Waals surface area contributed by atoms with Crippen LogP contribution in [0.25, 0.3) is 0 Å². The Morgan fingerprint density at radius 3 is 2.24 bits per heavy atom. The molecule has 1 saturated heterocycles. The predicted octanol–water partition coefficient (Wildman–Crippen LogP) is -0.562. The van der Waals surface area contributed by atoms with Crippen LogP contribution in [0.15, 0.2) is 29.2 Å². The van der Waals surface area contributed by atoms with E-state index in [1.54, 1.807) is 19.2 Å². The van der Waals surface area contributed by atoms with Gasteiger partial charge in [-0.15, -0.1) is 0 Å². The fraction of sp³-hybridized carbons (Fsp3) is 0.538. The molecule has 7 nitrogen and oxygen atoms in total. The van der Waals surface area contributed by atoms with Crippen LogP contribution in [0, 0.1) is 0 Å². The van der Waals surface area contributed by atoms with Gasteiger partial charge in [0.15, 0.2) is 0 Å². The number of nitrogens with zero attached hydrogens (tertiary/aromatic N) is 1. The van der Waals surface area contributed by atoms with Crippen LogP contribution in [0.3, 0.4) is 0 Å². The van der Waals surface area contributed by atoms with Crippen molar-refractivity contribution >= 4 is 10.0 Å². The third kappa shape index (κ3) is 3.72. The van der Waals surface area contributed by atoms with E-state index in [0.717, 1.165) is 4.31 Å². The number of benzene rings is 1. The first-order valence-electron chi connectivity index (χ1n) is 6.53. The van der Waals surface area contributed by atoms with Crippen LogP contribution in [0.4, 0.5) is 0 Å². The van der Waals surface area contributed by atoms with E-state index < -0.39 is 22.2 Å². The van der Waals surface area contributed by atoms with Crippen molar-refractivity contribution in [1.29, 1.82) is 0 Å². The molecule has 118 valence electrons. The van der Waals surface area contributed by atoms with Crippen molar-refractivity contribution in [1.82, 2.24) is 4.31 Å². The number of sulfonamides is 1. The van der Waals surface area contributed by atoms with Gasteiger partial charge in [0.05, 0.1) is 23.7 Å². The molecule has 0 bridgehead atoms. The molecule has 1 fully saturated rings. The second-order valence-electron chi connectivity index (χ2n) is 4.77. The highest BCUT2D eigenvalue weighted by Crippen LogP contribution is 2.23. The quantitative estimate of drug-likeness (QED) is 0.683. The monoisotopic (exact) mass is 317 g/mol. The van der Waals surface area contributed by atoms with E-state index >= 15 is 0 Å². The molecule has 0 aromatic heterocycles. The molecule has 2 N–H and O–H groups in total. The summed E-state index contributed by atoms with van der Waals surface area (Å²) >= 11 is 0. The first kappa shape index (κ1) is 16.2. The van der Waals surface area contributed by atoms with E-state index in [9.17, 15) is 18.6 Å². The summed E-state index contributed by atoms with van der Waals surface area (Å²) in [4.78, 5) is 0.0999. The van der Waals surface area contributed by atoms with Crippen molar-refractivity contribution < 1.29 is 28.1 Å². The van der Waals surface area contributed by atoms with Gasteiger partial charge in [-0.1, -0.05) is 0 Å². The number of rotatable bonds is 6. The molecule has 0 saturated carbocycles. The van der Waals surface area contributed by atoms with Gasteiger partial charge in [0, 0.05) is 20.2 Å². The zero-order valence-electron chi connectivity index (χ0n) is 11.7. The minimum Gasteiger partial charge on any atom is -0.491 e. The molecule has 1 heterocycles. The molecular formula is C13H19NO6S. The number of β-amino-alcohol motifs (C(OH)–C–C–N with tert-alkyl or cyclic N) is 2. The second-order valence-corrected chi connectivity index (χ2v) is 6.71. The van der Waals surface area contributed by atoms with Crippen LogP contribution < -0.4 is 4.74 Å². The molecule has 1 aliphatic rings. The van der Waals surface area contributed by atoms with Gasteiger partial charge in [-0.3, -0.25) is 0 Å². The zero-order chi connectivity index (χ0) is 15.5. The zero-order valence-corrected chi connectivity index (χ0v) is 12.5. The molecule has 0 amide bonds. The summed E-state index contributed by atoms with van der Waals surface area (Å²) in [6, 6.07) is 6.00. The third-order valence-electron chi connectivity index (χ3n) is 3.24. The van der Waals surface area contributed by atoms with Crippen molar-refractivity contribution in [3.63, 3.8) is 0 Å². The second kappa shape index (κ2) is 6.71. The lowest BCUT2D eigenvalue weighted by Crippen LogP contribution is -2.29. The van der Waals surface area contributed by atoms with Gasteiger partial charge in [-0.25, -0.2) is 8.42 Å². The minimum absolute atomic E-state index is 0.0999. The molecule has 2 unspecified atom stereocenters. The van der Waals surface area contributed by atoms with Crippen LogP contribution in [0.1, 0.15) is 0 Å². The molecular weight excluding hydrogens is 298 g/mol. The minimum atomic E-state index is -3.71. The number of ether oxygens (including phenoxy) is 2. The normalized spacial score (nSPS) is 23.4. The van der Waals surface area contributed by atoms with Gasteiger partial charge < -0.3 is 19.7 Å². The summed E-state index contributed by atoms with van der Waals surface area (Å²) in [5, 5.41) is 18.9. The van der Waals surface area contributed by atoms with E-state index in [1.807, 2.05) is 0 Å². The van der Waals surface area contributed by atoms with E-state index in [-0.39, 0.29) is 18.0 Å². The van der Waals surface area contributed by atoms with E-state index in [1.165, 1.54) is 12.1 Å². The fourth-order valence-corrected chi connectivity index (χ4v) is 3.51. The maximum absolute atomic E-state index is 12.3. The Hall–Kier alpha value is -1.19. The van der Waals surface area contributed by atoms with Gasteiger partial charge in [-0.2, -0.15) is 4.31 Å². The molecule has 0 radical (unpaired) electrons. The summed E-state index contributed by atoms with van der Waals surface area (Å²) in [7, 11) is -2.15. The van der Waals surface area contributed by atoms with Crippen molar-refractivity contribution in [3.8, 4) is 5.75 Å². The number of aliphatic hydroxyl groups is 2. The lowest BCUT2D eigenvalue weighted by atomic mass is 10.3. The Bertz CT molecular complexity index is 549. The molecule has 2 atom stereocenters. The van der Waals surface area contributed by atoms with Crippen molar-refractivity contribution in [2.45, 2.75) is 17.1 Å². The third-order valence-corrected chi connectivity index (χ3v) is 5.09. The highest BCUT2D eigenvalue weighted by Gasteiger charge is 2.37. The Kier molecular flexibility index (Phi) is 5.17. The van der Waals surface area contributed by atoms with E-state index in [0.29, 0.717) is 19.0 Å². The SMILES string of the molecule is COCCOc1ccc(S(=O)(=O)N2CC(O)C(O)C2)cc1. The Morgan fingerprint density at radius 2 is 1.71 bits per heavy atom. The Morgan fingerprint density at radius 1 is 1.14 bits per heavy atom. The van der Waals surface area contributed by atoms with Gasteiger partial charge in [0.25, 0.3) is 0 Å². The molecule has 0 aliphatic carbocycles. The molecule has 0 spiro atoms. The summed E-state index contributed by atoms with van der Waals surface area (Å²) in [6.07, 6.45) is -2.09. The van der Waals surface area contributed by atoms with Crippen LogP contribution in [0.5, 0.6) is 5.75 Å². The number of aliphatic hydroxyl groups excluding tert-OH is 2. The lowest BCUT2D eigenvalue weighted by Gasteiger charge is -2.15. The molecule has 1 aromatic carbocycles. The van der Waals surface area contributed by atoms with Crippen LogP contribution in [-0.2, 0) is 14.8 Å². The maximum atomic E-state index is 12.3. The van der Waals surface area contributed by atoms with Crippen molar-refractivity contribution in [2.75, 3.05) is 33.4 Å². The van der Waals surface area contributed by atoms with Crippen LogP contribution >= 0.6 is 0 Å². The maximum Gasteiger partial charge on any atom is 0.243 e. The summed E-state index contributed by atoms with van der Waals surface area (Å²) in [5.41, 5.74) is 0. The molecule has 8 heteroatoms. The summed E-state index contributed by atoms with van der Waals surface area (Å²) in [5.74, 6) is 0.549. The molecule has 21 heavy (non-hydrogen) atoms. The smallest absolute Gasteiger partial charge is 0.243 e. The number of hydrogen-bond donors (Lipinski definition) is 2. The predicted molar refractivity (Wildman–Crippen MR) is 74.6 cm³/mol. The average Bonchev–Trinajstić information content (AvgIpc) is 2.80. The van der Waals surface area contributed by atoms with E-state index in [2.05, 4.69) is 0 Å². The number of hydrogen-bond acceptors (Lipinski definition) is 6. The Balaban J connectivity index is 2.07. The van der Waals surface area contributed by atoms with Gasteiger partial charge >= 0.3 is 0 Å². The van der Waals surface area contributed by atoms with Crippen LogP contribution in [0.2, 0.25) is 0 Å². The molecule has 1 aromatic rings. The highest BCUT2D eigenvalue weighted by molar-refractivity contribution is 7.89.